The van der Waals surface area contributed by atoms with Crippen LogP contribution < -0.4 is 5.32 Å². The van der Waals surface area contributed by atoms with Gasteiger partial charge in [-0.2, -0.15) is 0 Å². The molecule has 0 bridgehead atoms. The number of nitrogens with one attached hydrogen (secondary N) is 1. The van der Waals surface area contributed by atoms with Crippen LogP contribution in [-0.4, -0.2) is 36.5 Å². The van der Waals surface area contributed by atoms with E-state index in [0.717, 1.165) is 6.42 Å². The molecular weight excluding hydrogens is 302 g/mol. The Balaban J connectivity index is 1.54. The van der Waals surface area contributed by atoms with Crippen molar-refractivity contribution in [2.24, 2.45) is 23.7 Å². The van der Waals surface area contributed by atoms with Crippen LogP contribution in [0.15, 0.2) is 11.6 Å². The Labute approximate surface area is 132 Å². The van der Waals surface area contributed by atoms with Gasteiger partial charge in [0, 0.05) is 12.6 Å². The van der Waals surface area contributed by atoms with E-state index in [1.54, 1.807) is 0 Å². The molecule has 122 valence electrons. The van der Waals surface area contributed by atoms with Crippen LogP contribution in [0.1, 0.15) is 25.7 Å². The first kappa shape index (κ1) is 14.6. The Morgan fingerprint density at radius 2 is 1.74 bits per heavy atom. The fourth-order valence-corrected chi connectivity index (χ4v) is 4.01. The molecule has 4 rings (SSSR count). The van der Waals surface area contributed by atoms with E-state index in [0.29, 0.717) is 19.4 Å². The minimum atomic E-state index is -0.532. The lowest BCUT2D eigenvalue weighted by Crippen LogP contribution is -2.48. The SMILES string of the molecule is O=C1CC(C2CC(NCC3=CC3)C3C(=O)OC(=O)C3C2)C(=O)O1. The molecule has 0 aromatic rings. The molecule has 0 radical (unpaired) electrons. The van der Waals surface area contributed by atoms with E-state index in [1.165, 1.54) is 5.57 Å². The topological polar surface area (TPSA) is 98.8 Å². The summed E-state index contributed by atoms with van der Waals surface area (Å²) in [5.74, 6) is -3.72. The Morgan fingerprint density at radius 1 is 1.00 bits per heavy atom. The van der Waals surface area contributed by atoms with E-state index in [1.807, 2.05) is 0 Å². The molecule has 2 aliphatic heterocycles. The quantitative estimate of drug-likeness (QED) is 0.445. The molecule has 1 N–H and O–H groups in total. The summed E-state index contributed by atoms with van der Waals surface area (Å²) in [6, 6.07) is -0.220. The van der Waals surface area contributed by atoms with Gasteiger partial charge in [-0.15, -0.1) is 0 Å². The van der Waals surface area contributed by atoms with Crippen molar-refractivity contribution in [1.82, 2.24) is 5.32 Å². The Kier molecular flexibility index (Phi) is 3.33. The summed E-state index contributed by atoms with van der Waals surface area (Å²) >= 11 is 0. The Bertz CT molecular complexity index is 638. The van der Waals surface area contributed by atoms with Crippen molar-refractivity contribution in [3.05, 3.63) is 11.6 Å². The average Bonchev–Trinajstić information content (AvgIpc) is 3.21. The van der Waals surface area contributed by atoms with Gasteiger partial charge in [0.1, 0.15) is 0 Å². The number of allylic oxidation sites excluding steroid dienone is 1. The molecule has 7 heteroatoms. The summed E-state index contributed by atoms with van der Waals surface area (Å²) < 4.78 is 9.44. The van der Waals surface area contributed by atoms with Crippen molar-refractivity contribution >= 4 is 23.9 Å². The second-order valence-electron chi connectivity index (χ2n) is 6.76. The van der Waals surface area contributed by atoms with Crippen molar-refractivity contribution in [2.75, 3.05) is 6.54 Å². The maximum atomic E-state index is 12.0. The van der Waals surface area contributed by atoms with Crippen molar-refractivity contribution in [2.45, 2.75) is 31.7 Å². The summed E-state index contributed by atoms with van der Waals surface area (Å²) in [4.78, 5) is 47.1. The number of cyclic esters (lactones) is 4. The van der Waals surface area contributed by atoms with E-state index < -0.39 is 41.6 Å². The molecule has 3 fully saturated rings. The first-order valence-electron chi connectivity index (χ1n) is 7.94. The standard InChI is InChI=1S/C16H17NO6/c18-12-5-9(14(19)22-12)8-3-10-13(16(21)23-15(10)20)11(4-8)17-6-7-1-2-7/h1,8-11,13,17H,2-6H2. The molecule has 0 aromatic heterocycles. The molecule has 1 saturated carbocycles. The fraction of sp³-hybridized carbons (Fsp3) is 0.625. The fourth-order valence-electron chi connectivity index (χ4n) is 4.01. The minimum Gasteiger partial charge on any atom is -0.393 e. The van der Waals surface area contributed by atoms with Gasteiger partial charge in [0.25, 0.3) is 0 Å². The van der Waals surface area contributed by atoms with E-state index in [2.05, 4.69) is 16.1 Å². The van der Waals surface area contributed by atoms with Crippen molar-refractivity contribution in [1.29, 1.82) is 0 Å². The van der Waals surface area contributed by atoms with Crippen LogP contribution in [0.5, 0.6) is 0 Å². The van der Waals surface area contributed by atoms with Gasteiger partial charge in [-0.3, -0.25) is 19.2 Å². The first-order valence-corrected chi connectivity index (χ1v) is 7.94. The number of fused-ring (bicyclic) bond motifs is 1. The summed E-state index contributed by atoms with van der Waals surface area (Å²) in [7, 11) is 0. The lowest BCUT2D eigenvalue weighted by molar-refractivity contribution is -0.156. The smallest absolute Gasteiger partial charge is 0.319 e. The highest BCUT2D eigenvalue weighted by Gasteiger charge is 2.55. The van der Waals surface area contributed by atoms with Gasteiger partial charge in [-0.25, -0.2) is 0 Å². The van der Waals surface area contributed by atoms with Gasteiger partial charge >= 0.3 is 23.9 Å². The molecule has 2 aliphatic carbocycles. The highest BCUT2D eigenvalue weighted by molar-refractivity contribution is 5.97. The number of esters is 4. The van der Waals surface area contributed by atoms with Crippen molar-refractivity contribution in [3.63, 3.8) is 0 Å². The maximum Gasteiger partial charge on any atom is 0.319 e. The van der Waals surface area contributed by atoms with E-state index >= 15 is 0 Å². The van der Waals surface area contributed by atoms with Gasteiger partial charge in [-0.1, -0.05) is 11.6 Å². The number of ether oxygens (including phenoxy) is 2. The van der Waals surface area contributed by atoms with E-state index in [9.17, 15) is 19.2 Å². The number of carbonyl (C=O) groups is 4. The van der Waals surface area contributed by atoms with Crippen molar-refractivity contribution in [3.8, 4) is 0 Å². The lowest BCUT2D eigenvalue weighted by atomic mass is 9.68. The normalized spacial score (nSPS) is 39.0. The molecule has 7 nitrogen and oxygen atoms in total. The average molecular weight is 319 g/mol. The highest BCUT2D eigenvalue weighted by atomic mass is 16.6. The minimum absolute atomic E-state index is 0.0573. The van der Waals surface area contributed by atoms with Crippen LogP contribution in [0.3, 0.4) is 0 Å². The molecule has 2 saturated heterocycles. The predicted molar refractivity (Wildman–Crippen MR) is 74.5 cm³/mol. The second kappa shape index (κ2) is 5.26. The van der Waals surface area contributed by atoms with Crippen LogP contribution >= 0.6 is 0 Å². The summed E-state index contributed by atoms with van der Waals surface area (Å²) in [5, 5.41) is 3.33. The third-order valence-corrected chi connectivity index (χ3v) is 5.31. The van der Waals surface area contributed by atoms with E-state index in [4.69, 9.17) is 4.74 Å². The maximum absolute atomic E-state index is 12.0. The molecule has 5 atom stereocenters. The molecule has 0 aromatic carbocycles. The monoisotopic (exact) mass is 319 g/mol. The third kappa shape index (κ3) is 2.59. The Hall–Kier alpha value is -2.02. The molecule has 23 heavy (non-hydrogen) atoms. The molecule has 2 heterocycles. The van der Waals surface area contributed by atoms with Gasteiger partial charge in [0.2, 0.25) is 0 Å². The highest BCUT2D eigenvalue weighted by Crippen LogP contribution is 2.44. The molecular formula is C16H17NO6. The zero-order valence-corrected chi connectivity index (χ0v) is 12.4. The number of carbonyl (C=O) groups excluding carboxylic acids is 4. The van der Waals surface area contributed by atoms with E-state index in [-0.39, 0.29) is 18.4 Å². The molecule has 5 unspecified atom stereocenters. The zero-order chi connectivity index (χ0) is 16.1. The molecule has 4 aliphatic rings. The van der Waals surface area contributed by atoms with Gasteiger partial charge in [-0.05, 0) is 25.2 Å². The third-order valence-electron chi connectivity index (χ3n) is 5.31. The largest absolute Gasteiger partial charge is 0.393 e. The van der Waals surface area contributed by atoms with Crippen molar-refractivity contribution < 1.29 is 28.7 Å². The number of rotatable bonds is 4. The van der Waals surface area contributed by atoms with Crippen LogP contribution in [-0.2, 0) is 28.7 Å². The lowest BCUT2D eigenvalue weighted by Gasteiger charge is -2.36. The van der Waals surface area contributed by atoms with Crippen LogP contribution in [0.2, 0.25) is 0 Å². The van der Waals surface area contributed by atoms with Crippen LogP contribution in [0, 0.1) is 23.7 Å². The zero-order valence-electron chi connectivity index (χ0n) is 12.4. The van der Waals surface area contributed by atoms with Gasteiger partial charge in [0.15, 0.2) is 0 Å². The summed E-state index contributed by atoms with van der Waals surface area (Å²) in [5.41, 5.74) is 1.27. The second-order valence-corrected chi connectivity index (χ2v) is 6.76. The molecule has 0 amide bonds. The predicted octanol–water partition coefficient (Wildman–Crippen LogP) is 0.0902. The molecule has 0 spiro atoms. The van der Waals surface area contributed by atoms with Gasteiger partial charge in [0.05, 0.1) is 24.2 Å². The number of hydrogen-bond acceptors (Lipinski definition) is 7. The van der Waals surface area contributed by atoms with Gasteiger partial charge < -0.3 is 14.8 Å². The van der Waals surface area contributed by atoms with Crippen LogP contribution in [0.25, 0.3) is 0 Å². The van der Waals surface area contributed by atoms with Crippen LogP contribution in [0.4, 0.5) is 0 Å². The summed E-state index contributed by atoms with van der Waals surface area (Å²) in [6.45, 7) is 0.677. The summed E-state index contributed by atoms with van der Waals surface area (Å²) in [6.07, 6.45) is 4.08. The Morgan fingerprint density at radius 3 is 2.39 bits per heavy atom. The number of hydrogen-bond donors (Lipinski definition) is 1. The first-order chi connectivity index (χ1) is 11.0.